The molecule has 0 amide bonds. The molecule has 1 fully saturated rings. The molecule has 2 rings (SSSR count). The zero-order valence-electron chi connectivity index (χ0n) is 8.83. The Morgan fingerprint density at radius 3 is 2.62 bits per heavy atom. The number of ether oxygens (including phenoxy) is 1. The van der Waals surface area contributed by atoms with Crippen LogP contribution in [0.25, 0.3) is 0 Å². The van der Waals surface area contributed by atoms with Crippen molar-refractivity contribution in [1.82, 2.24) is 0 Å². The molecule has 0 N–H and O–H groups in total. The first-order chi connectivity index (χ1) is 7.68. The Hall–Kier alpha value is 0.110. The average Bonchev–Trinajstić information content (AvgIpc) is 2.26. The Labute approximate surface area is 111 Å². The van der Waals surface area contributed by atoms with Crippen LogP contribution in [0.5, 0.6) is 0 Å². The third kappa shape index (κ3) is 2.86. The lowest BCUT2D eigenvalue weighted by Crippen LogP contribution is -2.29. The normalized spacial score (nSPS) is 25.7. The van der Waals surface area contributed by atoms with Crippen molar-refractivity contribution in [1.29, 1.82) is 0 Å². The lowest BCUT2D eigenvalue weighted by Gasteiger charge is -2.28. The fourth-order valence-electron chi connectivity index (χ4n) is 1.97. The monoisotopic (exact) mass is 276 g/mol. The second-order valence-electron chi connectivity index (χ2n) is 4.10. The molecule has 0 saturated carbocycles. The van der Waals surface area contributed by atoms with Gasteiger partial charge >= 0.3 is 0 Å². The van der Waals surface area contributed by atoms with Crippen LogP contribution in [0, 0.1) is 5.92 Å². The van der Waals surface area contributed by atoms with Gasteiger partial charge in [-0.05, 0) is 36.5 Å². The van der Waals surface area contributed by atoms with Crippen molar-refractivity contribution in [2.75, 3.05) is 13.2 Å². The molecule has 1 aliphatic rings. The summed E-state index contributed by atoms with van der Waals surface area (Å²) in [5, 5.41) is 1.85. The minimum Gasteiger partial charge on any atom is -0.381 e. The molecule has 1 saturated heterocycles. The molecule has 0 radical (unpaired) electrons. The van der Waals surface area contributed by atoms with Crippen molar-refractivity contribution >= 4 is 35.8 Å². The third-order valence-electron chi connectivity index (χ3n) is 2.96. The average molecular weight is 277 g/mol. The smallest absolute Gasteiger partial charge is 0.0507 e. The molecule has 1 aromatic rings. The highest BCUT2D eigenvalue weighted by Crippen LogP contribution is 2.31. The molecule has 0 bridgehead atoms. The van der Waals surface area contributed by atoms with E-state index in [0.29, 0.717) is 11.2 Å². The lowest BCUT2D eigenvalue weighted by atomic mass is 9.93. The second-order valence-corrected chi connectivity index (χ2v) is 5.57. The molecule has 1 nitrogen and oxygen atoms in total. The predicted octanol–water partition coefficient (Wildman–Crippen LogP) is 3.87. The van der Waals surface area contributed by atoms with Gasteiger partial charge in [-0.1, -0.05) is 29.3 Å². The van der Waals surface area contributed by atoms with E-state index in [1.54, 1.807) is 0 Å². The van der Waals surface area contributed by atoms with Gasteiger partial charge in [0.1, 0.15) is 0 Å². The standard InChI is InChI=1S/C12H14Cl2OS/c13-10-2-1-3-11(14)9(10)6-8-7-15-5-4-12(8)16/h1-3,8,12,16H,4-7H2. The first-order valence-corrected chi connectivity index (χ1v) is 6.64. The Morgan fingerprint density at radius 1 is 1.31 bits per heavy atom. The van der Waals surface area contributed by atoms with E-state index in [4.69, 9.17) is 27.9 Å². The van der Waals surface area contributed by atoms with Crippen LogP contribution in [0.4, 0.5) is 0 Å². The Bertz CT molecular complexity index is 350. The largest absolute Gasteiger partial charge is 0.381 e. The topological polar surface area (TPSA) is 9.23 Å². The molecule has 0 spiro atoms. The molecule has 0 aromatic heterocycles. The molecule has 1 heterocycles. The number of hydrogen-bond acceptors (Lipinski definition) is 2. The molecular weight excluding hydrogens is 263 g/mol. The summed E-state index contributed by atoms with van der Waals surface area (Å²) in [7, 11) is 0. The van der Waals surface area contributed by atoms with Gasteiger partial charge in [0.2, 0.25) is 0 Å². The van der Waals surface area contributed by atoms with Crippen molar-refractivity contribution in [2.45, 2.75) is 18.1 Å². The maximum absolute atomic E-state index is 6.15. The molecule has 88 valence electrons. The lowest BCUT2D eigenvalue weighted by molar-refractivity contribution is 0.0597. The predicted molar refractivity (Wildman–Crippen MR) is 71.9 cm³/mol. The summed E-state index contributed by atoms with van der Waals surface area (Å²) >= 11 is 16.9. The van der Waals surface area contributed by atoms with Crippen LogP contribution in [0.2, 0.25) is 10.0 Å². The van der Waals surface area contributed by atoms with Gasteiger partial charge in [0, 0.05) is 21.9 Å². The number of thiol groups is 1. The summed E-state index contributed by atoms with van der Waals surface area (Å²) in [5.74, 6) is 0.398. The molecule has 16 heavy (non-hydrogen) atoms. The number of hydrogen-bond donors (Lipinski definition) is 1. The Balaban J connectivity index is 2.13. The van der Waals surface area contributed by atoms with Gasteiger partial charge in [0.25, 0.3) is 0 Å². The summed E-state index contributed by atoms with van der Waals surface area (Å²) in [6, 6.07) is 5.61. The highest BCUT2D eigenvalue weighted by molar-refractivity contribution is 7.81. The maximum atomic E-state index is 6.15. The van der Waals surface area contributed by atoms with Gasteiger partial charge in [-0.15, -0.1) is 0 Å². The van der Waals surface area contributed by atoms with Crippen molar-refractivity contribution in [2.24, 2.45) is 5.92 Å². The van der Waals surface area contributed by atoms with Crippen LogP contribution in [0.15, 0.2) is 18.2 Å². The van der Waals surface area contributed by atoms with E-state index < -0.39 is 0 Å². The van der Waals surface area contributed by atoms with Gasteiger partial charge in [-0.3, -0.25) is 0 Å². The van der Waals surface area contributed by atoms with E-state index in [1.165, 1.54) is 0 Å². The number of rotatable bonds is 2. The van der Waals surface area contributed by atoms with E-state index in [1.807, 2.05) is 18.2 Å². The van der Waals surface area contributed by atoms with Gasteiger partial charge in [-0.2, -0.15) is 12.6 Å². The molecule has 1 aromatic carbocycles. The van der Waals surface area contributed by atoms with Crippen LogP contribution in [-0.2, 0) is 11.2 Å². The third-order valence-corrected chi connectivity index (χ3v) is 4.35. The number of benzene rings is 1. The van der Waals surface area contributed by atoms with E-state index in [2.05, 4.69) is 12.6 Å². The van der Waals surface area contributed by atoms with E-state index in [0.717, 1.165) is 41.7 Å². The van der Waals surface area contributed by atoms with Crippen molar-refractivity contribution in [3.63, 3.8) is 0 Å². The zero-order valence-corrected chi connectivity index (χ0v) is 11.2. The van der Waals surface area contributed by atoms with Crippen LogP contribution >= 0.6 is 35.8 Å². The van der Waals surface area contributed by atoms with Crippen molar-refractivity contribution in [3.8, 4) is 0 Å². The summed E-state index contributed by atoms with van der Waals surface area (Å²) in [5.41, 5.74) is 1.01. The molecule has 1 aliphatic heterocycles. The summed E-state index contributed by atoms with van der Waals surface area (Å²) in [4.78, 5) is 0. The molecular formula is C12H14Cl2OS. The summed E-state index contributed by atoms with van der Waals surface area (Å²) in [6.07, 6.45) is 1.84. The fourth-order valence-corrected chi connectivity index (χ4v) is 2.82. The van der Waals surface area contributed by atoms with Gasteiger partial charge < -0.3 is 4.74 Å². The Kier molecular flexibility index (Phi) is 4.42. The summed E-state index contributed by atoms with van der Waals surface area (Å²) < 4.78 is 5.47. The minimum absolute atomic E-state index is 0.376. The second kappa shape index (κ2) is 5.63. The first kappa shape index (κ1) is 12.6. The van der Waals surface area contributed by atoms with Crippen LogP contribution in [0.3, 0.4) is 0 Å². The van der Waals surface area contributed by atoms with E-state index >= 15 is 0 Å². The molecule has 4 heteroatoms. The van der Waals surface area contributed by atoms with E-state index in [9.17, 15) is 0 Å². The Morgan fingerprint density at radius 2 is 2.00 bits per heavy atom. The first-order valence-electron chi connectivity index (χ1n) is 5.37. The minimum atomic E-state index is 0.376. The molecule has 2 atom stereocenters. The zero-order chi connectivity index (χ0) is 11.5. The maximum Gasteiger partial charge on any atom is 0.0507 e. The van der Waals surface area contributed by atoms with Crippen LogP contribution in [0.1, 0.15) is 12.0 Å². The van der Waals surface area contributed by atoms with Crippen LogP contribution in [-0.4, -0.2) is 18.5 Å². The molecule has 0 aliphatic carbocycles. The quantitative estimate of drug-likeness (QED) is 0.807. The SMILES string of the molecule is SC1CCOCC1Cc1c(Cl)cccc1Cl. The molecule has 2 unspecified atom stereocenters. The van der Waals surface area contributed by atoms with Gasteiger partial charge in [0.05, 0.1) is 6.61 Å². The number of halogens is 2. The van der Waals surface area contributed by atoms with Crippen molar-refractivity contribution in [3.05, 3.63) is 33.8 Å². The summed E-state index contributed by atoms with van der Waals surface area (Å²) in [6.45, 7) is 1.55. The highest BCUT2D eigenvalue weighted by atomic mass is 35.5. The van der Waals surface area contributed by atoms with E-state index in [-0.39, 0.29) is 0 Å². The van der Waals surface area contributed by atoms with Crippen molar-refractivity contribution < 1.29 is 4.74 Å². The van der Waals surface area contributed by atoms with Gasteiger partial charge in [-0.25, -0.2) is 0 Å². The van der Waals surface area contributed by atoms with Crippen LogP contribution < -0.4 is 0 Å². The van der Waals surface area contributed by atoms with Gasteiger partial charge in [0.15, 0.2) is 0 Å². The fraction of sp³-hybridized carbons (Fsp3) is 0.500. The highest BCUT2D eigenvalue weighted by Gasteiger charge is 2.24.